The van der Waals surface area contributed by atoms with E-state index in [2.05, 4.69) is 25.9 Å². The third-order valence-corrected chi connectivity index (χ3v) is 5.98. The number of para-hydroxylation sites is 1. The second-order valence-electron chi connectivity index (χ2n) is 8.76. The zero-order valence-corrected chi connectivity index (χ0v) is 22.0. The normalized spacial score (nSPS) is 11.3. The fourth-order valence-corrected chi connectivity index (χ4v) is 4.01. The average Bonchev–Trinajstić information content (AvgIpc) is 3.46. The molecule has 0 spiro atoms. The highest BCUT2D eigenvalue weighted by Gasteiger charge is 2.21. The molecule has 0 aliphatic heterocycles. The summed E-state index contributed by atoms with van der Waals surface area (Å²) in [5, 5.41) is 15.0. The second-order valence-corrected chi connectivity index (χ2v) is 8.76. The van der Waals surface area contributed by atoms with E-state index in [9.17, 15) is 4.79 Å². The highest BCUT2D eigenvalue weighted by atomic mass is 16.5. The van der Waals surface area contributed by atoms with Gasteiger partial charge in [-0.3, -0.25) is 9.78 Å². The molecule has 0 bridgehead atoms. The van der Waals surface area contributed by atoms with Crippen molar-refractivity contribution < 1.29 is 19.0 Å². The van der Waals surface area contributed by atoms with Crippen LogP contribution < -0.4 is 24.8 Å². The minimum atomic E-state index is -0.725. The lowest BCUT2D eigenvalue weighted by atomic mass is 10.2. The van der Waals surface area contributed by atoms with Crippen LogP contribution in [0.15, 0.2) is 104 Å². The van der Waals surface area contributed by atoms with E-state index >= 15 is 0 Å². The third kappa shape index (κ3) is 6.54. The number of pyridine rings is 1. The van der Waals surface area contributed by atoms with Gasteiger partial charge in [0.25, 0.3) is 5.91 Å². The molecule has 2 N–H and O–H groups in total. The molecule has 2 aromatic heterocycles. The minimum absolute atomic E-state index is 0.321. The van der Waals surface area contributed by atoms with Crippen LogP contribution in [0.1, 0.15) is 27.8 Å². The Kier molecular flexibility index (Phi) is 8.16. The largest absolute Gasteiger partial charge is 0.497 e. The van der Waals surface area contributed by atoms with Crippen molar-refractivity contribution in [3.63, 3.8) is 0 Å². The van der Waals surface area contributed by atoms with Gasteiger partial charge in [0.2, 0.25) is 0 Å². The zero-order chi connectivity index (χ0) is 27.7. The van der Waals surface area contributed by atoms with Gasteiger partial charge in [-0.1, -0.05) is 35.5 Å². The molecule has 1 atom stereocenters. The Morgan fingerprint density at radius 1 is 0.900 bits per heavy atom. The van der Waals surface area contributed by atoms with Crippen molar-refractivity contribution in [1.82, 2.24) is 25.3 Å². The van der Waals surface area contributed by atoms with Crippen molar-refractivity contribution >= 4 is 11.6 Å². The van der Waals surface area contributed by atoms with E-state index in [0.29, 0.717) is 35.0 Å². The van der Waals surface area contributed by atoms with Gasteiger partial charge in [0.05, 0.1) is 38.2 Å². The molecular formula is C30H28N6O4. The Hall–Kier alpha value is -5.38. The number of rotatable bonds is 11. The number of benzene rings is 3. The molecule has 0 aliphatic carbocycles. The lowest BCUT2D eigenvalue weighted by Crippen LogP contribution is -2.34. The fraction of sp³-hybridized carbons (Fsp3) is 0.133. The molecule has 1 unspecified atom stereocenters. The van der Waals surface area contributed by atoms with Gasteiger partial charge < -0.3 is 24.8 Å². The number of nitrogens with zero attached hydrogens (tertiary/aromatic N) is 4. The number of ether oxygens (including phenoxy) is 3. The van der Waals surface area contributed by atoms with Gasteiger partial charge in [-0.25, -0.2) is 4.68 Å². The van der Waals surface area contributed by atoms with E-state index < -0.39 is 6.17 Å². The van der Waals surface area contributed by atoms with Crippen molar-refractivity contribution in [2.24, 2.45) is 0 Å². The smallest absolute Gasteiger partial charge is 0.254 e. The number of carbonyl (C=O) groups is 1. The van der Waals surface area contributed by atoms with Gasteiger partial charge in [0.15, 0.2) is 0 Å². The first-order valence-corrected chi connectivity index (χ1v) is 12.5. The third-order valence-electron chi connectivity index (χ3n) is 5.98. The molecular weight excluding hydrogens is 508 g/mol. The van der Waals surface area contributed by atoms with E-state index in [-0.39, 0.29) is 5.91 Å². The molecule has 10 heteroatoms. The summed E-state index contributed by atoms with van der Waals surface area (Å²) in [5.74, 6) is 2.34. The summed E-state index contributed by atoms with van der Waals surface area (Å²) in [5.41, 5.74) is 2.54. The molecule has 1 amide bonds. The number of methoxy groups -OCH3 is 2. The molecule has 0 saturated heterocycles. The van der Waals surface area contributed by atoms with Crippen molar-refractivity contribution in [2.45, 2.75) is 12.7 Å². The SMILES string of the molecule is COc1ccc(NC(NC(=O)c2cccnc2)c2cn(Cc3cccc(Oc4ccccc4)c3)nn2)c(OC)c1. The van der Waals surface area contributed by atoms with Crippen molar-refractivity contribution in [2.75, 3.05) is 19.5 Å². The van der Waals surface area contributed by atoms with Crippen LogP contribution in [0.25, 0.3) is 0 Å². The van der Waals surface area contributed by atoms with Crippen LogP contribution in [0.2, 0.25) is 0 Å². The quantitative estimate of drug-likeness (QED) is 0.225. The number of aromatic nitrogens is 4. The molecule has 0 aliphatic rings. The second kappa shape index (κ2) is 12.4. The molecule has 0 saturated carbocycles. The van der Waals surface area contributed by atoms with Crippen LogP contribution in [0.3, 0.4) is 0 Å². The first-order chi connectivity index (χ1) is 19.6. The molecule has 40 heavy (non-hydrogen) atoms. The number of hydrogen-bond donors (Lipinski definition) is 2. The number of nitrogens with one attached hydrogen (secondary N) is 2. The Balaban J connectivity index is 1.37. The van der Waals surface area contributed by atoms with Crippen LogP contribution in [0.4, 0.5) is 5.69 Å². The van der Waals surface area contributed by atoms with Crippen molar-refractivity contribution in [3.05, 3.63) is 120 Å². The van der Waals surface area contributed by atoms with Crippen LogP contribution in [0.5, 0.6) is 23.0 Å². The summed E-state index contributed by atoms with van der Waals surface area (Å²) in [7, 11) is 3.15. The predicted molar refractivity (Wildman–Crippen MR) is 150 cm³/mol. The first kappa shape index (κ1) is 26.2. The van der Waals surface area contributed by atoms with Crippen LogP contribution >= 0.6 is 0 Å². The molecule has 0 radical (unpaired) electrons. The minimum Gasteiger partial charge on any atom is -0.497 e. The van der Waals surface area contributed by atoms with E-state index in [1.54, 1.807) is 55.6 Å². The first-order valence-electron chi connectivity index (χ1n) is 12.5. The van der Waals surface area contributed by atoms with Gasteiger partial charge in [0.1, 0.15) is 34.9 Å². The Labute approximate surface area is 231 Å². The molecule has 5 aromatic rings. The van der Waals surface area contributed by atoms with Crippen LogP contribution in [-0.2, 0) is 6.54 Å². The van der Waals surface area contributed by atoms with E-state index in [0.717, 1.165) is 17.1 Å². The summed E-state index contributed by atoms with van der Waals surface area (Å²) in [4.78, 5) is 17.1. The maximum Gasteiger partial charge on any atom is 0.254 e. The number of hydrogen-bond acceptors (Lipinski definition) is 8. The lowest BCUT2D eigenvalue weighted by molar-refractivity contribution is 0.0940. The van der Waals surface area contributed by atoms with Crippen LogP contribution in [-0.4, -0.2) is 40.1 Å². The molecule has 2 heterocycles. The van der Waals surface area contributed by atoms with E-state index in [1.165, 1.54) is 6.20 Å². The topological polar surface area (TPSA) is 112 Å². The summed E-state index contributed by atoms with van der Waals surface area (Å²) in [6, 6.07) is 26.1. The molecule has 202 valence electrons. The molecule has 0 fully saturated rings. The maximum atomic E-state index is 13.0. The van der Waals surface area contributed by atoms with Crippen molar-refractivity contribution in [1.29, 1.82) is 0 Å². The van der Waals surface area contributed by atoms with E-state index in [1.807, 2.05) is 60.7 Å². The molecule has 10 nitrogen and oxygen atoms in total. The fourth-order valence-electron chi connectivity index (χ4n) is 4.01. The van der Waals surface area contributed by atoms with Gasteiger partial charge in [-0.2, -0.15) is 0 Å². The monoisotopic (exact) mass is 536 g/mol. The Morgan fingerprint density at radius 2 is 1.75 bits per heavy atom. The maximum absolute atomic E-state index is 13.0. The summed E-state index contributed by atoms with van der Waals surface area (Å²) < 4.78 is 18.5. The highest BCUT2D eigenvalue weighted by molar-refractivity contribution is 5.94. The molecule has 3 aromatic carbocycles. The standard InChI is InChI=1S/C30H28N6O4/c1-38-24-13-14-26(28(17-24)39-2)32-29(33-30(37)22-9-7-15-31-18-22)27-20-36(35-34-27)19-21-8-6-12-25(16-21)40-23-10-4-3-5-11-23/h3-18,20,29,32H,19H2,1-2H3,(H,33,37). The zero-order valence-electron chi connectivity index (χ0n) is 22.0. The number of carbonyl (C=O) groups excluding carboxylic acids is 1. The molecule has 5 rings (SSSR count). The Morgan fingerprint density at radius 3 is 2.52 bits per heavy atom. The number of anilines is 1. The summed E-state index contributed by atoms with van der Waals surface area (Å²) in [6.07, 6.45) is 4.17. The van der Waals surface area contributed by atoms with Gasteiger partial charge in [-0.15, -0.1) is 5.10 Å². The van der Waals surface area contributed by atoms with Crippen molar-refractivity contribution in [3.8, 4) is 23.0 Å². The summed E-state index contributed by atoms with van der Waals surface area (Å²) >= 11 is 0. The van der Waals surface area contributed by atoms with Gasteiger partial charge in [0, 0.05) is 18.5 Å². The summed E-state index contributed by atoms with van der Waals surface area (Å²) in [6.45, 7) is 0.452. The Bertz CT molecular complexity index is 1560. The van der Waals surface area contributed by atoms with E-state index in [4.69, 9.17) is 14.2 Å². The van der Waals surface area contributed by atoms with Gasteiger partial charge in [-0.05, 0) is 54.1 Å². The average molecular weight is 537 g/mol. The van der Waals surface area contributed by atoms with Crippen LogP contribution in [0, 0.1) is 0 Å². The highest BCUT2D eigenvalue weighted by Crippen LogP contribution is 2.31. The lowest BCUT2D eigenvalue weighted by Gasteiger charge is -2.21. The predicted octanol–water partition coefficient (Wildman–Crippen LogP) is 5.07. The van der Waals surface area contributed by atoms with Gasteiger partial charge >= 0.3 is 0 Å². The number of amides is 1.